The van der Waals surface area contributed by atoms with E-state index >= 15 is 8.78 Å². The Hall–Kier alpha value is -4.63. The minimum atomic E-state index is -4.61. The quantitative estimate of drug-likeness (QED) is 0.156. The highest BCUT2D eigenvalue weighted by Gasteiger charge is 2.54. The van der Waals surface area contributed by atoms with Crippen LogP contribution >= 0.6 is 26.4 Å². The van der Waals surface area contributed by atoms with E-state index in [1.165, 1.54) is 35.2 Å². The van der Waals surface area contributed by atoms with E-state index in [1.807, 2.05) is 0 Å². The van der Waals surface area contributed by atoms with Crippen molar-refractivity contribution < 1.29 is 55.4 Å². The molecular weight excluding hydrogens is 818 g/mol. The number of aromatic nitrogens is 6. The number of ketones is 1. The lowest BCUT2D eigenvalue weighted by atomic mass is 10.0. The first-order valence-corrected chi connectivity index (χ1v) is 21.4. The predicted octanol–water partition coefficient (Wildman–Crippen LogP) is 3.61. The number of nitrogens with one attached hydrogen (secondary N) is 1. The lowest BCUT2D eigenvalue weighted by Gasteiger charge is -2.27. The molecule has 3 fully saturated rings. The molecule has 19 nitrogen and oxygen atoms in total. The summed E-state index contributed by atoms with van der Waals surface area (Å²) in [5.74, 6) is -0.393. The molecule has 3 aliphatic rings. The first-order valence-electron chi connectivity index (χ1n) is 17.0. The molecule has 0 amide bonds. The molecule has 0 radical (unpaired) electrons. The second kappa shape index (κ2) is 16.0. The van der Waals surface area contributed by atoms with Crippen LogP contribution in [0.1, 0.15) is 33.9 Å². The minimum Gasteiger partial charge on any atom is -0.508 e. The van der Waals surface area contributed by atoms with E-state index in [2.05, 4.69) is 19.9 Å². The van der Waals surface area contributed by atoms with Crippen molar-refractivity contribution in [2.75, 3.05) is 18.9 Å². The van der Waals surface area contributed by atoms with Gasteiger partial charge in [0.05, 0.1) is 19.5 Å². The van der Waals surface area contributed by atoms with Gasteiger partial charge in [-0.1, -0.05) is 24.3 Å². The van der Waals surface area contributed by atoms with Crippen molar-refractivity contribution in [2.24, 2.45) is 0 Å². The standard InChI is InChI=1S/C33H31F2N7O12P2S/c34-23-20-11-49-55(47)53-27-21(52-31(24(27)35)42-22(44)9-10-37-33(42)46)12-50-56(48,54-28(23)32(51-20)41-15-40-25-29(36)38-14-39-30(25)41)57-13-16-1-3-17(4-2-16)26(45)18-5-7-19(43)8-6-18/h1-10,14-15,20-21,23-24,27-28,31-32,43,55H,11-13H2,(H,37,46)(H2,36,38,39)/t20-,21-,23-,24-,27-,28-,31?,32?,56?/m1/s1. The van der Waals surface area contributed by atoms with Crippen molar-refractivity contribution in [2.45, 2.75) is 55.0 Å². The summed E-state index contributed by atoms with van der Waals surface area (Å²) in [6.45, 7) is -6.11. The fraction of sp³-hybridized carbons (Fsp3) is 0.333. The summed E-state index contributed by atoms with van der Waals surface area (Å²) in [6, 6.07) is 13.0. The number of nitrogens with zero attached hydrogens (tertiary/aromatic N) is 5. The van der Waals surface area contributed by atoms with Crippen LogP contribution in [0.2, 0.25) is 0 Å². The van der Waals surface area contributed by atoms with Gasteiger partial charge in [0.25, 0.3) is 5.56 Å². The summed E-state index contributed by atoms with van der Waals surface area (Å²) < 4.78 is 96.5. The fourth-order valence-corrected chi connectivity index (χ4v) is 10.7. The molecule has 4 unspecified atom stereocenters. The van der Waals surface area contributed by atoms with Crippen LogP contribution in [0.4, 0.5) is 14.6 Å². The molecule has 3 aliphatic heterocycles. The van der Waals surface area contributed by atoms with E-state index in [1.54, 1.807) is 24.3 Å². The number of phenolic OH excluding ortho intramolecular Hbond substituents is 1. The molecule has 2 bridgehead atoms. The van der Waals surface area contributed by atoms with Crippen LogP contribution < -0.4 is 17.0 Å². The largest absolute Gasteiger partial charge is 0.508 e. The molecule has 0 aliphatic carbocycles. The normalized spacial score (nSPS) is 30.6. The number of carbonyl (C=O) groups excluding carboxylic acids is 1. The molecule has 5 aromatic rings. The van der Waals surface area contributed by atoms with Crippen LogP contribution in [0.5, 0.6) is 5.75 Å². The fourth-order valence-electron chi connectivity index (χ4n) is 6.47. The van der Waals surface area contributed by atoms with Gasteiger partial charge in [-0.2, -0.15) is 0 Å². The number of hydrogen-bond donors (Lipinski definition) is 3. The van der Waals surface area contributed by atoms with Gasteiger partial charge in [-0.3, -0.25) is 27.8 Å². The number of halogens is 2. The maximum Gasteiger partial charge on any atom is 0.390 e. The first kappa shape index (κ1) is 39.2. The summed E-state index contributed by atoms with van der Waals surface area (Å²) in [5, 5.41) is 9.57. The number of carbonyl (C=O) groups is 1. The van der Waals surface area contributed by atoms with Gasteiger partial charge < -0.3 is 34.3 Å². The molecule has 300 valence electrons. The van der Waals surface area contributed by atoms with Crippen LogP contribution in [-0.2, 0) is 42.5 Å². The summed E-state index contributed by atoms with van der Waals surface area (Å²) in [6.07, 6.45) is -10.8. The highest BCUT2D eigenvalue weighted by Crippen LogP contribution is 2.64. The van der Waals surface area contributed by atoms with Gasteiger partial charge in [0, 0.05) is 29.1 Å². The number of nitrogens with two attached hydrogens (primary N) is 1. The molecule has 2 aromatic carbocycles. The third-order valence-corrected chi connectivity index (χ3v) is 13.8. The Morgan fingerprint density at radius 3 is 2.42 bits per heavy atom. The smallest absolute Gasteiger partial charge is 0.390 e. The van der Waals surface area contributed by atoms with Crippen molar-refractivity contribution in [1.29, 1.82) is 0 Å². The van der Waals surface area contributed by atoms with E-state index < -0.39 is 88.7 Å². The van der Waals surface area contributed by atoms with Crippen LogP contribution in [0.3, 0.4) is 0 Å². The van der Waals surface area contributed by atoms with Crippen LogP contribution in [0.25, 0.3) is 11.2 Å². The van der Waals surface area contributed by atoms with E-state index in [9.17, 15) is 28.6 Å². The summed E-state index contributed by atoms with van der Waals surface area (Å²) in [5.41, 5.74) is 5.49. The number of anilines is 1. The number of aromatic hydroxyl groups is 1. The molecule has 57 heavy (non-hydrogen) atoms. The number of hydrogen-bond acceptors (Lipinski definition) is 17. The van der Waals surface area contributed by atoms with Gasteiger partial charge >= 0.3 is 20.7 Å². The zero-order valence-electron chi connectivity index (χ0n) is 29.0. The van der Waals surface area contributed by atoms with E-state index in [4.69, 9.17) is 33.3 Å². The number of aromatic amines is 1. The first-order chi connectivity index (χ1) is 27.4. The molecule has 0 spiro atoms. The number of benzene rings is 2. The van der Waals surface area contributed by atoms with Crippen molar-refractivity contribution in [1.82, 2.24) is 29.1 Å². The summed E-state index contributed by atoms with van der Waals surface area (Å²) in [7, 11) is -3.65. The monoisotopic (exact) mass is 849 g/mol. The van der Waals surface area contributed by atoms with Gasteiger partial charge in [0.1, 0.15) is 42.0 Å². The zero-order chi connectivity index (χ0) is 40.0. The van der Waals surface area contributed by atoms with Crippen molar-refractivity contribution >= 4 is 49.2 Å². The van der Waals surface area contributed by atoms with Gasteiger partial charge in [0.2, 0.25) is 0 Å². The number of ether oxygens (including phenoxy) is 2. The molecule has 3 aromatic heterocycles. The average molecular weight is 850 g/mol. The number of alkyl halides is 2. The Morgan fingerprint density at radius 2 is 1.68 bits per heavy atom. The third kappa shape index (κ3) is 7.84. The van der Waals surface area contributed by atoms with Crippen LogP contribution in [0.15, 0.2) is 83.0 Å². The molecule has 10 atom stereocenters. The highest BCUT2D eigenvalue weighted by atomic mass is 32.7. The maximum absolute atomic E-state index is 16.4. The van der Waals surface area contributed by atoms with Gasteiger partial charge in [-0.15, -0.1) is 0 Å². The van der Waals surface area contributed by atoms with Gasteiger partial charge in [-0.25, -0.2) is 37.7 Å². The Bertz CT molecular complexity index is 2470. The summed E-state index contributed by atoms with van der Waals surface area (Å²) >= 11 is 0.622. The lowest BCUT2D eigenvalue weighted by Crippen LogP contribution is -2.41. The molecule has 6 heterocycles. The second-order valence-corrected chi connectivity index (χ2v) is 17.9. The minimum absolute atomic E-state index is 0.000677. The average Bonchev–Trinajstić information content (AvgIpc) is 3.86. The Labute approximate surface area is 323 Å². The van der Waals surface area contributed by atoms with E-state index in [-0.39, 0.29) is 34.3 Å². The lowest BCUT2D eigenvalue weighted by molar-refractivity contribution is -0.0576. The van der Waals surface area contributed by atoms with Crippen LogP contribution in [0, 0.1) is 0 Å². The Morgan fingerprint density at radius 1 is 0.965 bits per heavy atom. The molecule has 0 saturated carbocycles. The highest BCUT2D eigenvalue weighted by molar-refractivity contribution is 8.54. The summed E-state index contributed by atoms with van der Waals surface area (Å²) in [4.78, 5) is 52.7. The number of H-pyrrole nitrogens is 1. The van der Waals surface area contributed by atoms with Crippen molar-refractivity contribution in [3.8, 4) is 5.75 Å². The molecule has 3 saturated heterocycles. The number of imidazole rings is 1. The SMILES string of the molecule is Nc1ncnc2c1ncn2C1O[C@@H]2CO[PH](=O)O[C@@H]3[C@@H](COP(=O)(SCc4ccc(C(=O)c5ccc(O)cc5)cc4)O[C@@H]1[C@@H]2F)OC(n1c(=O)cc[nH]c1=O)[C@@H]3F. The maximum atomic E-state index is 16.4. The topological polar surface area (TPSA) is 251 Å². The molecule has 24 heteroatoms. The third-order valence-electron chi connectivity index (χ3n) is 9.32. The Kier molecular flexibility index (Phi) is 11.0. The van der Waals surface area contributed by atoms with Gasteiger partial charge in [-0.05, 0) is 41.2 Å². The number of nitrogen functional groups attached to an aromatic ring is 1. The number of fused-ring (bicyclic) bond motifs is 4. The van der Waals surface area contributed by atoms with Gasteiger partial charge in [0.15, 0.2) is 42.0 Å². The van der Waals surface area contributed by atoms with Crippen molar-refractivity contribution in [3.63, 3.8) is 0 Å². The predicted molar refractivity (Wildman–Crippen MR) is 196 cm³/mol. The molecular formula is C33H31F2N7O12P2S. The Balaban J connectivity index is 1.11. The van der Waals surface area contributed by atoms with E-state index in [0.717, 1.165) is 18.6 Å². The molecule has 8 rings (SSSR count). The molecule has 4 N–H and O–H groups in total. The number of phenols is 1. The van der Waals surface area contributed by atoms with E-state index in [0.29, 0.717) is 32.6 Å². The number of rotatable bonds is 7. The van der Waals surface area contributed by atoms with Crippen molar-refractivity contribution in [3.05, 3.63) is 111 Å². The zero-order valence-corrected chi connectivity index (χ0v) is 31.7. The second-order valence-electron chi connectivity index (χ2n) is 12.9. The van der Waals surface area contributed by atoms with Crippen LogP contribution in [-0.4, -0.2) is 89.9 Å².